The number of aromatic nitrogens is 2. The van der Waals surface area contributed by atoms with Crippen molar-refractivity contribution in [1.82, 2.24) is 19.4 Å². The Kier molecular flexibility index (Phi) is 8.88. The Bertz CT molecular complexity index is 1880. The highest BCUT2D eigenvalue weighted by Gasteiger charge is 2.33. The van der Waals surface area contributed by atoms with Gasteiger partial charge in [0.25, 0.3) is 11.8 Å². The minimum Gasteiger partial charge on any atom is -0.490 e. The molecule has 0 radical (unpaired) electrons. The number of alkyl halides is 2. The Morgan fingerprint density at radius 3 is 2.39 bits per heavy atom. The number of rotatable bonds is 9. The van der Waals surface area contributed by atoms with Crippen LogP contribution in [0.25, 0.3) is 5.69 Å². The van der Waals surface area contributed by atoms with Crippen LogP contribution in [-0.2, 0) is 13.1 Å². The molecule has 1 aliphatic heterocycles. The van der Waals surface area contributed by atoms with Gasteiger partial charge in [0.1, 0.15) is 23.0 Å². The second-order valence-corrected chi connectivity index (χ2v) is 12.3. The van der Waals surface area contributed by atoms with E-state index < -0.39 is 30.1 Å². The molecule has 1 aliphatic carbocycles. The molecule has 1 unspecified atom stereocenters. The fraction of sp³-hybridized carbons (Fsp3) is 0.281. The number of amides is 2. The number of hydrogen-bond donors (Lipinski definition) is 1. The molecule has 4 aromatic rings. The van der Waals surface area contributed by atoms with Crippen molar-refractivity contribution in [2.75, 3.05) is 6.54 Å². The lowest BCUT2D eigenvalue weighted by Crippen LogP contribution is -2.41. The first-order valence-corrected chi connectivity index (χ1v) is 15.6. The summed E-state index contributed by atoms with van der Waals surface area (Å²) in [5.41, 5.74) is 0.521. The molecule has 1 saturated carbocycles. The Morgan fingerprint density at radius 2 is 1.74 bits per heavy atom. The number of halogens is 5. The number of carbonyl (C=O) groups is 2. The van der Waals surface area contributed by atoms with Gasteiger partial charge in [-0.2, -0.15) is 8.78 Å². The number of hydrogen-bond acceptors (Lipinski definition) is 5. The molecule has 0 spiro atoms. The molecule has 240 valence electrons. The molecule has 9 nitrogen and oxygen atoms in total. The largest absolute Gasteiger partial charge is 0.490 e. The maximum absolute atomic E-state index is 14.9. The number of ether oxygens (including phenoxy) is 2. The summed E-state index contributed by atoms with van der Waals surface area (Å²) in [6.07, 6.45) is 2.11. The van der Waals surface area contributed by atoms with Gasteiger partial charge in [-0.3, -0.25) is 18.7 Å². The molecule has 2 aliphatic rings. The number of carbonyl (C=O) groups excluding carboxylic acids is 2. The highest BCUT2D eigenvalue weighted by molar-refractivity contribution is 9.10. The maximum Gasteiger partial charge on any atom is 0.387 e. The number of imidazole rings is 1. The number of nitrogens with one attached hydrogen (secondary N) is 1. The van der Waals surface area contributed by atoms with Crippen molar-refractivity contribution in [2.24, 2.45) is 0 Å². The second kappa shape index (κ2) is 12.9. The van der Waals surface area contributed by atoms with E-state index in [4.69, 9.17) is 16.3 Å². The summed E-state index contributed by atoms with van der Waals surface area (Å²) in [6.45, 7) is -1.35. The lowest BCUT2D eigenvalue weighted by molar-refractivity contribution is -0.0500. The molecular formula is C32H27BrClF3N4O5. The van der Waals surface area contributed by atoms with Crippen molar-refractivity contribution >= 4 is 39.3 Å². The summed E-state index contributed by atoms with van der Waals surface area (Å²) < 4.78 is 53.6. The van der Waals surface area contributed by atoms with Crippen LogP contribution >= 0.6 is 27.5 Å². The molecule has 1 atom stereocenters. The van der Waals surface area contributed by atoms with Gasteiger partial charge in [0.2, 0.25) is 0 Å². The molecule has 3 aromatic carbocycles. The highest BCUT2D eigenvalue weighted by atomic mass is 79.9. The summed E-state index contributed by atoms with van der Waals surface area (Å²) in [6, 6.07) is 13.9. The van der Waals surface area contributed by atoms with Crippen molar-refractivity contribution in [2.45, 2.75) is 51.6 Å². The van der Waals surface area contributed by atoms with Crippen molar-refractivity contribution in [3.05, 3.63) is 109 Å². The van der Waals surface area contributed by atoms with Gasteiger partial charge in [0, 0.05) is 34.8 Å². The van der Waals surface area contributed by atoms with Crippen LogP contribution in [0.3, 0.4) is 0 Å². The predicted molar refractivity (Wildman–Crippen MR) is 166 cm³/mol. The zero-order valence-electron chi connectivity index (χ0n) is 24.3. The van der Waals surface area contributed by atoms with Gasteiger partial charge >= 0.3 is 12.3 Å². The molecule has 0 bridgehead atoms. The standard InChI is InChI=1S/C32H27BrClF3N4O5/c1-17(23-10-9-22(15-26(23)35)46-31(36)37)38-29(42)28-27-16-39(30(43)18-2-11-24(33)25(34)14-18)12-13-40(27)32(44)41(28)19-3-5-20(6-4-19)45-21-7-8-21/h2-6,9-11,14-15,17,21,31H,7-8,12-13,16H2,1H3,(H,38,42). The summed E-state index contributed by atoms with van der Waals surface area (Å²) in [7, 11) is 0. The first-order chi connectivity index (χ1) is 22.0. The third-order valence-corrected chi connectivity index (χ3v) is 9.01. The van der Waals surface area contributed by atoms with Crippen LogP contribution in [0.1, 0.15) is 57.9 Å². The van der Waals surface area contributed by atoms with Crippen molar-refractivity contribution in [3.63, 3.8) is 0 Å². The third kappa shape index (κ3) is 6.52. The topological polar surface area (TPSA) is 94.8 Å². The lowest BCUT2D eigenvalue weighted by Gasteiger charge is -2.28. The molecule has 1 fully saturated rings. The van der Waals surface area contributed by atoms with E-state index >= 15 is 0 Å². The van der Waals surface area contributed by atoms with E-state index in [9.17, 15) is 27.6 Å². The van der Waals surface area contributed by atoms with E-state index in [1.54, 1.807) is 36.4 Å². The average Bonchev–Trinajstić information content (AvgIpc) is 3.79. The third-order valence-electron chi connectivity index (χ3n) is 7.78. The van der Waals surface area contributed by atoms with E-state index in [1.165, 1.54) is 39.2 Å². The van der Waals surface area contributed by atoms with Gasteiger partial charge in [-0.25, -0.2) is 9.18 Å². The quantitative estimate of drug-likeness (QED) is 0.214. The SMILES string of the molecule is CC(NC(=O)c1c2n(c(=O)n1-c1ccc(OC3CC3)cc1)CCN(C(=O)c1ccc(Br)c(Cl)c1)C2)c1ccc(OC(F)F)cc1F. The minimum absolute atomic E-state index is 0.0161. The van der Waals surface area contributed by atoms with Crippen LogP contribution in [0.4, 0.5) is 13.2 Å². The molecular weight excluding hydrogens is 693 g/mol. The van der Waals surface area contributed by atoms with E-state index in [0.717, 1.165) is 18.9 Å². The summed E-state index contributed by atoms with van der Waals surface area (Å²) in [5.74, 6) is -1.64. The Morgan fingerprint density at radius 1 is 1.02 bits per heavy atom. The van der Waals surface area contributed by atoms with E-state index in [-0.39, 0.29) is 54.3 Å². The first kappa shape index (κ1) is 31.7. The highest BCUT2D eigenvalue weighted by Crippen LogP contribution is 2.30. The van der Waals surface area contributed by atoms with Gasteiger partial charge < -0.3 is 19.7 Å². The van der Waals surface area contributed by atoms with Crippen LogP contribution in [0.15, 0.2) is 69.9 Å². The first-order valence-electron chi connectivity index (χ1n) is 14.4. The van der Waals surface area contributed by atoms with Gasteiger partial charge in [0.15, 0.2) is 0 Å². The normalized spacial score (nSPS) is 15.0. The average molecular weight is 720 g/mol. The monoisotopic (exact) mass is 718 g/mol. The molecule has 2 amide bonds. The van der Waals surface area contributed by atoms with E-state index in [0.29, 0.717) is 26.5 Å². The Balaban J connectivity index is 1.35. The predicted octanol–water partition coefficient (Wildman–Crippen LogP) is 6.48. The van der Waals surface area contributed by atoms with Crippen molar-refractivity contribution < 1.29 is 32.2 Å². The fourth-order valence-electron chi connectivity index (χ4n) is 5.35. The van der Waals surface area contributed by atoms with Crippen molar-refractivity contribution in [1.29, 1.82) is 0 Å². The van der Waals surface area contributed by atoms with Crippen LogP contribution in [0.5, 0.6) is 11.5 Å². The van der Waals surface area contributed by atoms with Crippen molar-refractivity contribution in [3.8, 4) is 17.2 Å². The Labute approximate surface area is 274 Å². The molecule has 2 heterocycles. The molecule has 46 heavy (non-hydrogen) atoms. The molecule has 1 aromatic heterocycles. The second-order valence-electron chi connectivity index (χ2n) is 11.0. The molecule has 1 N–H and O–H groups in total. The van der Waals surface area contributed by atoms with Gasteiger partial charge in [-0.05, 0) is 84.2 Å². The van der Waals surface area contributed by atoms with Gasteiger partial charge in [-0.15, -0.1) is 0 Å². The zero-order chi connectivity index (χ0) is 32.7. The number of benzene rings is 3. The minimum atomic E-state index is -3.12. The molecule has 0 saturated heterocycles. The lowest BCUT2D eigenvalue weighted by atomic mass is 10.1. The summed E-state index contributed by atoms with van der Waals surface area (Å²) >= 11 is 9.54. The van der Waals surface area contributed by atoms with Gasteiger partial charge in [0.05, 0.1) is 35.1 Å². The smallest absolute Gasteiger partial charge is 0.387 e. The van der Waals surface area contributed by atoms with E-state index in [1.807, 2.05) is 0 Å². The van der Waals surface area contributed by atoms with Crippen LogP contribution in [-0.4, -0.2) is 45.1 Å². The molecule has 14 heteroatoms. The molecule has 6 rings (SSSR count). The fourth-order valence-corrected chi connectivity index (χ4v) is 5.77. The van der Waals surface area contributed by atoms with Crippen LogP contribution < -0.4 is 20.5 Å². The summed E-state index contributed by atoms with van der Waals surface area (Å²) in [5, 5.41) is 3.09. The van der Waals surface area contributed by atoms with E-state index in [2.05, 4.69) is 26.0 Å². The van der Waals surface area contributed by atoms with Crippen LogP contribution in [0, 0.1) is 5.82 Å². The van der Waals surface area contributed by atoms with Gasteiger partial charge in [-0.1, -0.05) is 17.7 Å². The van der Waals surface area contributed by atoms with Crippen LogP contribution in [0.2, 0.25) is 5.02 Å². The number of nitrogens with zero attached hydrogens (tertiary/aromatic N) is 3. The zero-order valence-corrected chi connectivity index (χ0v) is 26.7. The number of fused-ring (bicyclic) bond motifs is 1. The summed E-state index contributed by atoms with van der Waals surface area (Å²) in [4.78, 5) is 42.8. The maximum atomic E-state index is 14.9. The Hall–Kier alpha value is -4.23.